The van der Waals surface area contributed by atoms with E-state index in [0.29, 0.717) is 4.99 Å². The van der Waals surface area contributed by atoms with E-state index in [4.69, 9.17) is 18.0 Å². The second kappa shape index (κ2) is 2.73. The van der Waals surface area contributed by atoms with E-state index in [1.165, 1.54) is 12.3 Å². The number of pyridine rings is 1. The number of hydrogen-bond donors (Lipinski definition) is 1. The van der Waals surface area contributed by atoms with Crippen molar-refractivity contribution in [3.05, 3.63) is 29.8 Å². The molecule has 0 unspecified atom stereocenters. The van der Waals surface area contributed by atoms with Crippen LogP contribution in [0.25, 0.3) is 0 Å². The number of thiocarbonyl (C=S) groups is 1. The number of rotatable bonds is 2. The number of nitrogens with zero attached hydrogens (tertiary/aromatic N) is 1. The molecule has 0 radical (unpaired) electrons. The maximum absolute atomic E-state index is 12.6. The van der Waals surface area contributed by atoms with Crippen molar-refractivity contribution >= 4 is 17.2 Å². The highest BCUT2D eigenvalue weighted by Crippen LogP contribution is 2.47. The lowest BCUT2D eigenvalue weighted by molar-refractivity contribution is 0.618. The number of hydrogen-bond acceptors (Lipinski definition) is 2. The molecule has 0 atom stereocenters. The molecule has 0 amide bonds. The van der Waals surface area contributed by atoms with Crippen LogP contribution in [0.5, 0.6) is 0 Å². The van der Waals surface area contributed by atoms with Crippen LogP contribution >= 0.6 is 12.2 Å². The van der Waals surface area contributed by atoms with Crippen molar-refractivity contribution < 1.29 is 4.39 Å². The van der Waals surface area contributed by atoms with E-state index in [1.54, 1.807) is 6.07 Å². The molecule has 1 fully saturated rings. The molecule has 68 valence electrons. The minimum Gasteiger partial charge on any atom is -0.393 e. The van der Waals surface area contributed by atoms with Gasteiger partial charge in [0.2, 0.25) is 0 Å². The van der Waals surface area contributed by atoms with E-state index in [1.807, 2.05) is 0 Å². The van der Waals surface area contributed by atoms with Crippen molar-refractivity contribution in [2.45, 2.75) is 18.3 Å². The molecule has 1 aliphatic carbocycles. The van der Waals surface area contributed by atoms with Gasteiger partial charge in [-0.15, -0.1) is 0 Å². The number of aromatic nitrogens is 1. The molecule has 1 aromatic heterocycles. The van der Waals surface area contributed by atoms with Crippen molar-refractivity contribution in [3.63, 3.8) is 0 Å². The molecule has 1 heterocycles. The zero-order valence-corrected chi connectivity index (χ0v) is 7.77. The predicted molar refractivity (Wildman–Crippen MR) is 51.9 cm³/mol. The van der Waals surface area contributed by atoms with E-state index >= 15 is 0 Å². The lowest BCUT2D eigenvalue weighted by Gasteiger charge is -2.11. The van der Waals surface area contributed by atoms with Crippen LogP contribution in [0.1, 0.15) is 18.5 Å². The summed E-state index contributed by atoms with van der Waals surface area (Å²) in [7, 11) is 0. The molecule has 1 aliphatic rings. The summed E-state index contributed by atoms with van der Waals surface area (Å²) in [4.78, 5) is 4.46. The van der Waals surface area contributed by atoms with Crippen molar-refractivity contribution in [1.82, 2.24) is 4.98 Å². The molecule has 0 saturated heterocycles. The minimum atomic E-state index is -0.331. The number of halogens is 1. The molecule has 4 heteroatoms. The first-order valence-electron chi connectivity index (χ1n) is 4.07. The third-order valence-corrected chi connectivity index (χ3v) is 2.83. The monoisotopic (exact) mass is 196 g/mol. The molecule has 13 heavy (non-hydrogen) atoms. The van der Waals surface area contributed by atoms with Gasteiger partial charge in [-0.25, -0.2) is 4.39 Å². The summed E-state index contributed by atoms with van der Waals surface area (Å²) >= 11 is 4.95. The van der Waals surface area contributed by atoms with E-state index in [0.717, 1.165) is 18.5 Å². The van der Waals surface area contributed by atoms with Crippen LogP contribution in [0.15, 0.2) is 18.3 Å². The summed E-state index contributed by atoms with van der Waals surface area (Å²) in [6, 6.07) is 3.04. The molecule has 0 bridgehead atoms. The molecule has 2 nitrogen and oxygen atoms in total. The van der Waals surface area contributed by atoms with Gasteiger partial charge in [0.15, 0.2) is 0 Å². The summed E-state index contributed by atoms with van der Waals surface area (Å²) in [5, 5.41) is 0. The van der Waals surface area contributed by atoms with Gasteiger partial charge in [-0.3, -0.25) is 4.98 Å². The Morgan fingerprint density at radius 3 is 2.62 bits per heavy atom. The predicted octanol–water partition coefficient (Wildman–Crippen LogP) is 1.54. The van der Waals surface area contributed by atoms with Gasteiger partial charge in [-0.2, -0.15) is 0 Å². The summed E-state index contributed by atoms with van der Waals surface area (Å²) in [6.07, 6.45) is 3.07. The van der Waals surface area contributed by atoms with Crippen LogP contribution in [-0.4, -0.2) is 9.97 Å². The zero-order valence-electron chi connectivity index (χ0n) is 6.96. The van der Waals surface area contributed by atoms with Gasteiger partial charge in [-0.1, -0.05) is 12.2 Å². The smallest absolute Gasteiger partial charge is 0.141 e. The fourth-order valence-electron chi connectivity index (χ4n) is 1.41. The lowest BCUT2D eigenvalue weighted by Crippen LogP contribution is -2.27. The Bertz CT molecular complexity index is 343. The van der Waals surface area contributed by atoms with E-state index in [-0.39, 0.29) is 11.2 Å². The third kappa shape index (κ3) is 1.31. The molecule has 0 aromatic carbocycles. The topological polar surface area (TPSA) is 38.9 Å². The van der Waals surface area contributed by atoms with Gasteiger partial charge in [0.1, 0.15) is 5.82 Å². The Balaban J connectivity index is 2.36. The molecular formula is C9H9FN2S. The molecular weight excluding hydrogens is 187 g/mol. The van der Waals surface area contributed by atoms with Crippen molar-refractivity contribution in [2.75, 3.05) is 0 Å². The average molecular weight is 196 g/mol. The highest BCUT2D eigenvalue weighted by molar-refractivity contribution is 7.80. The van der Waals surface area contributed by atoms with Crippen LogP contribution < -0.4 is 5.73 Å². The van der Waals surface area contributed by atoms with Gasteiger partial charge in [0.25, 0.3) is 0 Å². The highest BCUT2D eigenvalue weighted by Gasteiger charge is 2.48. The standard InChI is InChI=1S/C9H9FN2S/c10-6-1-2-7(12-5-6)9(3-4-9)8(11)13/h1-2,5H,3-4H2,(H2,11,13). The summed E-state index contributed by atoms with van der Waals surface area (Å²) in [5.41, 5.74) is 6.16. The van der Waals surface area contributed by atoms with Crippen LogP contribution in [0.4, 0.5) is 4.39 Å². The normalized spacial score (nSPS) is 18.2. The average Bonchev–Trinajstić information content (AvgIpc) is 2.86. The van der Waals surface area contributed by atoms with Crippen molar-refractivity contribution in [2.24, 2.45) is 5.73 Å². The Hall–Kier alpha value is -1.03. The zero-order chi connectivity index (χ0) is 9.47. The second-order valence-electron chi connectivity index (χ2n) is 3.31. The van der Waals surface area contributed by atoms with E-state index < -0.39 is 0 Å². The maximum Gasteiger partial charge on any atom is 0.141 e. The second-order valence-corrected chi connectivity index (χ2v) is 3.75. The lowest BCUT2D eigenvalue weighted by atomic mass is 10.0. The molecule has 0 spiro atoms. The molecule has 0 aliphatic heterocycles. The first-order chi connectivity index (χ1) is 6.15. The highest BCUT2D eigenvalue weighted by atomic mass is 32.1. The van der Waals surface area contributed by atoms with Gasteiger partial charge in [-0.05, 0) is 25.0 Å². The Morgan fingerprint density at radius 2 is 2.23 bits per heavy atom. The Labute approximate surface area is 81.0 Å². The van der Waals surface area contributed by atoms with Crippen LogP contribution in [0.3, 0.4) is 0 Å². The molecule has 2 rings (SSSR count). The number of nitrogens with two attached hydrogens (primary N) is 1. The summed E-state index contributed by atoms with van der Waals surface area (Å²) < 4.78 is 12.6. The van der Waals surface area contributed by atoms with Gasteiger partial charge >= 0.3 is 0 Å². The first-order valence-corrected chi connectivity index (χ1v) is 4.48. The van der Waals surface area contributed by atoms with Gasteiger partial charge in [0, 0.05) is 0 Å². The summed E-state index contributed by atoms with van der Waals surface area (Å²) in [6.45, 7) is 0. The first kappa shape index (κ1) is 8.56. The van der Waals surface area contributed by atoms with E-state index in [2.05, 4.69) is 4.98 Å². The molecule has 1 aromatic rings. The fraction of sp³-hybridized carbons (Fsp3) is 0.333. The molecule has 1 saturated carbocycles. The largest absolute Gasteiger partial charge is 0.393 e. The van der Waals surface area contributed by atoms with Crippen LogP contribution in [-0.2, 0) is 5.41 Å². The minimum absolute atomic E-state index is 0.233. The van der Waals surface area contributed by atoms with Gasteiger partial charge < -0.3 is 5.73 Å². The van der Waals surface area contributed by atoms with Crippen molar-refractivity contribution in [1.29, 1.82) is 0 Å². The van der Waals surface area contributed by atoms with Crippen LogP contribution in [0.2, 0.25) is 0 Å². The van der Waals surface area contributed by atoms with Crippen LogP contribution in [0, 0.1) is 5.82 Å². The SMILES string of the molecule is NC(=S)C1(c2ccc(F)cn2)CC1. The Kier molecular flexibility index (Phi) is 1.80. The quantitative estimate of drug-likeness (QED) is 0.729. The third-order valence-electron chi connectivity index (χ3n) is 2.44. The molecule has 2 N–H and O–H groups in total. The summed E-state index contributed by atoms with van der Waals surface area (Å²) in [5.74, 6) is -0.331. The van der Waals surface area contributed by atoms with E-state index in [9.17, 15) is 4.39 Å². The van der Waals surface area contributed by atoms with Gasteiger partial charge in [0.05, 0.1) is 22.3 Å². The van der Waals surface area contributed by atoms with Crippen molar-refractivity contribution in [3.8, 4) is 0 Å². The fourth-order valence-corrected chi connectivity index (χ4v) is 1.72. The Morgan fingerprint density at radius 1 is 1.54 bits per heavy atom. The maximum atomic E-state index is 12.6.